The van der Waals surface area contributed by atoms with Gasteiger partial charge in [0.2, 0.25) is 0 Å². The van der Waals surface area contributed by atoms with Crippen molar-refractivity contribution in [3.8, 4) is 11.5 Å². The van der Waals surface area contributed by atoms with Crippen molar-refractivity contribution in [2.24, 2.45) is 0 Å². The molecule has 0 aliphatic carbocycles. The zero-order chi connectivity index (χ0) is 19.2. The molecule has 0 heterocycles. The molecule has 0 aliphatic rings. The van der Waals surface area contributed by atoms with Gasteiger partial charge in [-0.3, -0.25) is 0 Å². The van der Waals surface area contributed by atoms with E-state index in [9.17, 15) is 0 Å². The number of hydrogen-bond acceptors (Lipinski definition) is 3. The van der Waals surface area contributed by atoms with Crippen LogP contribution in [-0.4, -0.2) is 7.11 Å². The molecule has 4 heteroatoms. The molecule has 0 saturated carbocycles. The lowest BCUT2D eigenvalue weighted by Gasteiger charge is -2.15. The summed E-state index contributed by atoms with van der Waals surface area (Å²) >= 11 is 2.31. The maximum absolute atomic E-state index is 6.04. The molecule has 0 saturated heterocycles. The second-order valence-electron chi connectivity index (χ2n) is 6.54. The van der Waals surface area contributed by atoms with E-state index < -0.39 is 0 Å². The Balaban J connectivity index is 1.72. The van der Waals surface area contributed by atoms with E-state index in [4.69, 9.17) is 9.47 Å². The average Bonchev–Trinajstić information content (AvgIpc) is 2.68. The minimum atomic E-state index is 0.521. The quantitative estimate of drug-likeness (QED) is 0.421. The lowest BCUT2D eigenvalue weighted by Crippen LogP contribution is -2.04. The molecule has 0 aromatic heterocycles. The van der Waals surface area contributed by atoms with Crippen LogP contribution in [0.2, 0.25) is 0 Å². The molecule has 140 valence electrons. The number of anilines is 1. The van der Waals surface area contributed by atoms with Gasteiger partial charge in [-0.1, -0.05) is 36.4 Å². The normalized spacial score (nSPS) is 10.5. The van der Waals surface area contributed by atoms with E-state index in [-0.39, 0.29) is 0 Å². The molecule has 0 aliphatic heterocycles. The molecule has 0 spiro atoms. The van der Waals surface area contributed by atoms with Crippen molar-refractivity contribution >= 4 is 28.3 Å². The van der Waals surface area contributed by atoms with E-state index in [1.54, 1.807) is 7.11 Å². The van der Waals surface area contributed by atoms with Crippen LogP contribution in [0.1, 0.15) is 22.3 Å². The van der Waals surface area contributed by atoms with E-state index >= 15 is 0 Å². The van der Waals surface area contributed by atoms with Gasteiger partial charge in [0, 0.05) is 12.2 Å². The molecular formula is C23H24INO2. The summed E-state index contributed by atoms with van der Waals surface area (Å²) in [4.78, 5) is 0. The largest absolute Gasteiger partial charge is 0.493 e. The lowest BCUT2D eigenvalue weighted by molar-refractivity contribution is 0.282. The van der Waals surface area contributed by atoms with Gasteiger partial charge in [0.25, 0.3) is 0 Å². The van der Waals surface area contributed by atoms with Crippen LogP contribution in [0.15, 0.2) is 60.7 Å². The number of aryl methyl sites for hydroxylation is 2. The third-order valence-electron chi connectivity index (χ3n) is 4.52. The topological polar surface area (TPSA) is 30.5 Å². The zero-order valence-electron chi connectivity index (χ0n) is 15.9. The van der Waals surface area contributed by atoms with Crippen molar-refractivity contribution in [3.63, 3.8) is 0 Å². The van der Waals surface area contributed by atoms with Crippen LogP contribution >= 0.6 is 22.6 Å². The van der Waals surface area contributed by atoms with Crippen LogP contribution in [0, 0.1) is 17.4 Å². The Kier molecular flexibility index (Phi) is 6.61. The standard InChI is InChI=1S/C23H24INO2/c1-16-9-10-20(11-17(16)2)25-14-19-12-21(24)23(22(13-19)26-3)27-15-18-7-5-4-6-8-18/h4-13,25H,14-15H2,1-3H3. The van der Waals surface area contributed by atoms with Crippen LogP contribution in [0.25, 0.3) is 0 Å². The number of halogens is 1. The number of hydrogen-bond donors (Lipinski definition) is 1. The Labute approximate surface area is 174 Å². The summed E-state index contributed by atoms with van der Waals surface area (Å²) < 4.78 is 12.7. The van der Waals surface area contributed by atoms with Gasteiger partial charge in [0.15, 0.2) is 11.5 Å². The van der Waals surface area contributed by atoms with Crippen molar-refractivity contribution in [1.82, 2.24) is 0 Å². The van der Waals surface area contributed by atoms with E-state index in [1.807, 2.05) is 24.3 Å². The third-order valence-corrected chi connectivity index (χ3v) is 5.32. The first-order valence-corrected chi connectivity index (χ1v) is 9.99. The zero-order valence-corrected chi connectivity index (χ0v) is 18.0. The predicted molar refractivity (Wildman–Crippen MR) is 120 cm³/mol. The number of methoxy groups -OCH3 is 1. The fourth-order valence-corrected chi connectivity index (χ4v) is 3.62. The number of ether oxygens (including phenoxy) is 2. The maximum atomic E-state index is 6.04. The summed E-state index contributed by atoms with van der Waals surface area (Å²) in [6, 6.07) is 20.8. The molecule has 3 rings (SSSR count). The van der Waals surface area contributed by atoms with Crippen molar-refractivity contribution in [2.45, 2.75) is 27.0 Å². The Morgan fingerprint density at radius 2 is 1.67 bits per heavy atom. The van der Waals surface area contributed by atoms with Gasteiger partial charge in [0.1, 0.15) is 6.61 Å². The Bertz CT molecular complexity index is 910. The SMILES string of the molecule is COc1cc(CNc2ccc(C)c(C)c2)cc(I)c1OCc1ccccc1. The minimum absolute atomic E-state index is 0.521. The summed E-state index contributed by atoms with van der Waals surface area (Å²) in [5, 5.41) is 3.49. The van der Waals surface area contributed by atoms with E-state index in [0.717, 1.165) is 38.4 Å². The minimum Gasteiger partial charge on any atom is -0.493 e. The molecule has 27 heavy (non-hydrogen) atoms. The number of benzene rings is 3. The van der Waals surface area contributed by atoms with E-state index in [2.05, 4.69) is 78.2 Å². The average molecular weight is 473 g/mol. The van der Waals surface area contributed by atoms with Crippen molar-refractivity contribution in [1.29, 1.82) is 0 Å². The molecule has 0 bridgehead atoms. The highest BCUT2D eigenvalue weighted by atomic mass is 127. The van der Waals surface area contributed by atoms with Crippen molar-refractivity contribution in [2.75, 3.05) is 12.4 Å². The van der Waals surface area contributed by atoms with Gasteiger partial charge in [-0.2, -0.15) is 0 Å². The molecule has 0 unspecified atom stereocenters. The van der Waals surface area contributed by atoms with Crippen LogP contribution < -0.4 is 14.8 Å². The van der Waals surface area contributed by atoms with Crippen LogP contribution in [0.3, 0.4) is 0 Å². The summed E-state index contributed by atoms with van der Waals surface area (Å²) in [7, 11) is 1.68. The molecular weight excluding hydrogens is 449 g/mol. The van der Waals surface area contributed by atoms with E-state index in [0.29, 0.717) is 6.61 Å². The smallest absolute Gasteiger partial charge is 0.174 e. The third kappa shape index (κ3) is 5.16. The summed E-state index contributed by atoms with van der Waals surface area (Å²) in [5.41, 5.74) is 6.00. The maximum Gasteiger partial charge on any atom is 0.174 e. The second kappa shape index (κ2) is 9.13. The van der Waals surface area contributed by atoms with Gasteiger partial charge in [0.05, 0.1) is 10.7 Å². The fraction of sp³-hybridized carbons (Fsp3) is 0.217. The molecule has 3 aromatic carbocycles. The van der Waals surface area contributed by atoms with E-state index in [1.165, 1.54) is 11.1 Å². The molecule has 3 nitrogen and oxygen atoms in total. The Hall–Kier alpha value is -2.21. The van der Waals surface area contributed by atoms with Crippen LogP contribution in [-0.2, 0) is 13.2 Å². The first kappa shape index (κ1) is 19.5. The highest BCUT2D eigenvalue weighted by molar-refractivity contribution is 14.1. The van der Waals surface area contributed by atoms with Gasteiger partial charge >= 0.3 is 0 Å². The highest BCUT2D eigenvalue weighted by Gasteiger charge is 2.12. The summed E-state index contributed by atoms with van der Waals surface area (Å²) in [5.74, 6) is 1.55. The molecule has 0 amide bonds. The Morgan fingerprint density at radius 1 is 0.889 bits per heavy atom. The van der Waals surface area contributed by atoms with Crippen molar-refractivity contribution in [3.05, 3.63) is 86.5 Å². The Morgan fingerprint density at radius 3 is 2.37 bits per heavy atom. The molecule has 0 radical (unpaired) electrons. The summed E-state index contributed by atoms with van der Waals surface area (Å²) in [6.45, 7) is 5.51. The molecule has 3 aromatic rings. The molecule has 1 N–H and O–H groups in total. The number of rotatable bonds is 7. The highest BCUT2D eigenvalue weighted by Crippen LogP contribution is 2.34. The lowest BCUT2D eigenvalue weighted by atomic mass is 10.1. The van der Waals surface area contributed by atoms with Crippen molar-refractivity contribution < 1.29 is 9.47 Å². The second-order valence-corrected chi connectivity index (χ2v) is 7.70. The van der Waals surface area contributed by atoms with Crippen LogP contribution in [0.4, 0.5) is 5.69 Å². The fourth-order valence-electron chi connectivity index (χ4n) is 2.80. The predicted octanol–water partition coefficient (Wildman–Crippen LogP) is 6.11. The first-order valence-electron chi connectivity index (χ1n) is 8.91. The van der Waals surface area contributed by atoms with Gasteiger partial charge in [-0.25, -0.2) is 0 Å². The number of nitrogens with one attached hydrogen (secondary N) is 1. The molecule has 0 fully saturated rings. The van der Waals surface area contributed by atoms with Crippen LogP contribution in [0.5, 0.6) is 11.5 Å². The molecule has 0 atom stereocenters. The van der Waals surface area contributed by atoms with Gasteiger partial charge in [-0.05, 0) is 83.0 Å². The first-order chi connectivity index (χ1) is 13.1. The van der Waals surface area contributed by atoms with Gasteiger partial charge in [-0.15, -0.1) is 0 Å². The summed E-state index contributed by atoms with van der Waals surface area (Å²) in [6.07, 6.45) is 0. The van der Waals surface area contributed by atoms with Gasteiger partial charge < -0.3 is 14.8 Å². The monoisotopic (exact) mass is 473 g/mol.